The lowest BCUT2D eigenvalue weighted by atomic mass is 10.0. The number of hydrogen-bond donors (Lipinski definition) is 1. The molecule has 1 heterocycles. The summed E-state index contributed by atoms with van der Waals surface area (Å²) in [4.78, 5) is 4.44. The van der Waals surface area contributed by atoms with Crippen molar-refractivity contribution in [2.75, 3.05) is 7.11 Å². The Bertz CT molecular complexity index is 510. The van der Waals surface area contributed by atoms with Crippen LogP contribution in [-0.2, 0) is 12.8 Å². The minimum Gasteiger partial charge on any atom is -0.496 e. The van der Waals surface area contributed by atoms with Gasteiger partial charge < -0.3 is 10.5 Å². The van der Waals surface area contributed by atoms with E-state index in [-0.39, 0.29) is 6.04 Å². The van der Waals surface area contributed by atoms with Crippen molar-refractivity contribution < 1.29 is 4.74 Å². The van der Waals surface area contributed by atoms with E-state index in [0.717, 1.165) is 34.9 Å². The van der Waals surface area contributed by atoms with Crippen molar-refractivity contribution in [2.24, 2.45) is 5.73 Å². The van der Waals surface area contributed by atoms with Crippen molar-refractivity contribution in [3.05, 3.63) is 45.9 Å². The van der Waals surface area contributed by atoms with Crippen molar-refractivity contribution >= 4 is 11.3 Å². The van der Waals surface area contributed by atoms with Gasteiger partial charge in [-0.3, -0.25) is 0 Å². The van der Waals surface area contributed by atoms with Crippen molar-refractivity contribution in [3.8, 4) is 5.75 Å². The first-order chi connectivity index (χ1) is 8.69. The van der Waals surface area contributed by atoms with Crippen LogP contribution in [0.3, 0.4) is 0 Å². The largest absolute Gasteiger partial charge is 0.496 e. The molecule has 0 saturated carbocycles. The van der Waals surface area contributed by atoms with E-state index in [4.69, 9.17) is 10.5 Å². The van der Waals surface area contributed by atoms with E-state index in [1.54, 1.807) is 18.4 Å². The van der Waals surface area contributed by atoms with E-state index in [1.807, 2.05) is 25.1 Å². The van der Waals surface area contributed by atoms with Crippen LogP contribution in [0.1, 0.15) is 16.3 Å². The predicted molar refractivity (Wildman–Crippen MR) is 75.2 cm³/mol. The van der Waals surface area contributed by atoms with E-state index in [2.05, 4.69) is 16.4 Å². The normalized spacial score (nSPS) is 12.4. The highest BCUT2D eigenvalue weighted by Crippen LogP contribution is 2.20. The molecule has 2 N–H and O–H groups in total. The highest BCUT2D eigenvalue weighted by molar-refractivity contribution is 7.09. The average molecular weight is 262 g/mol. The lowest BCUT2D eigenvalue weighted by Gasteiger charge is -2.12. The summed E-state index contributed by atoms with van der Waals surface area (Å²) in [5, 5.41) is 3.17. The number of aromatic nitrogens is 1. The van der Waals surface area contributed by atoms with Crippen LogP contribution in [0.4, 0.5) is 0 Å². The minimum atomic E-state index is 0.0758. The number of hydrogen-bond acceptors (Lipinski definition) is 4. The van der Waals surface area contributed by atoms with Crippen LogP contribution in [0, 0.1) is 6.92 Å². The molecule has 96 valence electrons. The van der Waals surface area contributed by atoms with Crippen LogP contribution >= 0.6 is 11.3 Å². The Morgan fingerprint density at radius 3 is 2.78 bits per heavy atom. The van der Waals surface area contributed by atoms with Gasteiger partial charge in [0.25, 0.3) is 0 Å². The number of nitrogens with two attached hydrogens (primary N) is 1. The van der Waals surface area contributed by atoms with Gasteiger partial charge in [0.15, 0.2) is 0 Å². The van der Waals surface area contributed by atoms with Gasteiger partial charge in [0.05, 0.1) is 12.1 Å². The third kappa shape index (κ3) is 3.31. The lowest BCUT2D eigenvalue weighted by molar-refractivity contribution is 0.407. The molecule has 2 aromatic rings. The molecule has 0 bridgehead atoms. The fourth-order valence-corrected chi connectivity index (χ4v) is 2.81. The Balaban J connectivity index is 2.00. The monoisotopic (exact) mass is 262 g/mol. The van der Waals surface area contributed by atoms with Crippen LogP contribution in [0.25, 0.3) is 0 Å². The minimum absolute atomic E-state index is 0.0758. The maximum Gasteiger partial charge on any atom is 0.122 e. The third-order valence-electron chi connectivity index (χ3n) is 2.78. The molecule has 18 heavy (non-hydrogen) atoms. The van der Waals surface area contributed by atoms with Crippen LogP contribution in [0.5, 0.6) is 5.75 Å². The van der Waals surface area contributed by atoms with Crippen molar-refractivity contribution in [1.29, 1.82) is 0 Å². The standard InChI is InChI=1S/C14H18N2OS/c1-10-9-18-14(16-10)8-12(15)7-11-5-3-4-6-13(11)17-2/h3-6,9,12H,7-8,15H2,1-2H3. The molecule has 4 heteroatoms. The van der Waals surface area contributed by atoms with E-state index in [0.29, 0.717) is 0 Å². The maximum atomic E-state index is 6.18. The number of aryl methyl sites for hydroxylation is 1. The lowest BCUT2D eigenvalue weighted by Crippen LogP contribution is -2.25. The highest BCUT2D eigenvalue weighted by atomic mass is 32.1. The number of rotatable bonds is 5. The van der Waals surface area contributed by atoms with E-state index in [9.17, 15) is 0 Å². The van der Waals surface area contributed by atoms with Gasteiger partial charge in [0, 0.05) is 23.5 Å². The topological polar surface area (TPSA) is 48.1 Å². The van der Waals surface area contributed by atoms with E-state index < -0.39 is 0 Å². The number of methoxy groups -OCH3 is 1. The number of nitrogens with zero attached hydrogens (tertiary/aromatic N) is 1. The first-order valence-corrected chi connectivity index (χ1v) is 6.85. The molecule has 1 atom stereocenters. The molecule has 3 nitrogen and oxygen atoms in total. The molecule has 0 radical (unpaired) electrons. The summed E-state index contributed by atoms with van der Waals surface area (Å²) in [5.74, 6) is 0.906. The van der Waals surface area contributed by atoms with Gasteiger partial charge in [0.2, 0.25) is 0 Å². The SMILES string of the molecule is COc1ccccc1CC(N)Cc1nc(C)cs1. The second-order valence-electron chi connectivity index (χ2n) is 4.36. The fraction of sp³-hybridized carbons (Fsp3) is 0.357. The highest BCUT2D eigenvalue weighted by Gasteiger charge is 2.10. The first kappa shape index (κ1) is 13.1. The van der Waals surface area contributed by atoms with Gasteiger partial charge in [-0.05, 0) is 25.0 Å². The smallest absolute Gasteiger partial charge is 0.122 e. The van der Waals surface area contributed by atoms with Crippen LogP contribution in [0.2, 0.25) is 0 Å². The fourth-order valence-electron chi connectivity index (χ4n) is 1.95. The zero-order valence-corrected chi connectivity index (χ0v) is 11.5. The maximum absolute atomic E-state index is 6.18. The van der Waals surface area contributed by atoms with Crippen LogP contribution in [0.15, 0.2) is 29.6 Å². The summed E-state index contributed by atoms with van der Waals surface area (Å²) < 4.78 is 5.33. The van der Waals surface area contributed by atoms with Gasteiger partial charge in [-0.2, -0.15) is 0 Å². The average Bonchev–Trinajstić information content (AvgIpc) is 2.75. The van der Waals surface area contributed by atoms with Crippen LogP contribution < -0.4 is 10.5 Å². The summed E-state index contributed by atoms with van der Waals surface area (Å²) in [6.07, 6.45) is 1.62. The zero-order chi connectivity index (χ0) is 13.0. The Morgan fingerprint density at radius 1 is 1.33 bits per heavy atom. The van der Waals surface area contributed by atoms with Crippen LogP contribution in [-0.4, -0.2) is 18.1 Å². The number of para-hydroxylation sites is 1. The summed E-state index contributed by atoms with van der Waals surface area (Å²) in [5.41, 5.74) is 8.40. The Hall–Kier alpha value is -1.39. The predicted octanol–water partition coefficient (Wildman–Crippen LogP) is 2.57. The summed E-state index contributed by atoms with van der Waals surface area (Å²) in [7, 11) is 1.69. The molecule has 2 rings (SSSR count). The van der Waals surface area contributed by atoms with Gasteiger partial charge in [-0.1, -0.05) is 18.2 Å². The molecule has 1 aromatic heterocycles. The Labute approximate surface area is 112 Å². The molecular weight excluding hydrogens is 244 g/mol. The number of ether oxygens (including phenoxy) is 1. The molecule has 0 aliphatic heterocycles. The quantitative estimate of drug-likeness (QED) is 0.901. The molecule has 0 fully saturated rings. The molecule has 0 amide bonds. The molecule has 1 aromatic carbocycles. The van der Waals surface area contributed by atoms with Gasteiger partial charge in [-0.25, -0.2) is 4.98 Å². The second kappa shape index (κ2) is 5.98. The summed E-state index contributed by atoms with van der Waals surface area (Å²) in [6, 6.07) is 8.09. The third-order valence-corrected chi connectivity index (χ3v) is 3.77. The molecule has 1 unspecified atom stereocenters. The molecule has 0 aliphatic carbocycles. The van der Waals surface area contributed by atoms with Gasteiger partial charge in [-0.15, -0.1) is 11.3 Å². The van der Waals surface area contributed by atoms with Crippen molar-refractivity contribution in [1.82, 2.24) is 4.98 Å². The zero-order valence-electron chi connectivity index (χ0n) is 10.7. The van der Waals surface area contributed by atoms with Gasteiger partial charge >= 0.3 is 0 Å². The second-order valence-corrected chi connectivity index (χ2v) is 5.31. The first-order valence-electron chi connectivity index (χ1n) is 5.97. The summed E-state index contributed by atoms with van der Waals surface area (Å²) >= 11 is 1.68. The Kier molecular flexibility index (Phi) is 4.33. The van der Waals surface area contributed by atoms with E-state index in [1.165, 1.54) is 0 Å². The van der Waals surface area contributed by atoms with E-state index >= 15 is 0 Å². The van der Waals surface area contributed by atoms with Gasteiger partial charge in [0.1, 0.15) is 5.75 Å². The molecule has 0 aliphatic rings. The molecule has 0 spiro atoms. The Morgan fingerprint density at radius 2 is 2.11 bits per heavy atom. The van der Waals surface area contributed by atoms with Crippen molar-refractivity contribution in [2.45, 2.75) is 25.8 Å². The molecule has 0 saturated heterocycles. The number of benzene rings is 1. The summed E-state index contributed by atoms with van der Waals surface area (Å²) in [6.45, 7) is 2.01. The van der Waals surface area contributed by atoms with Crippen molar-refractivity contribution in [3.63, 3.8) is 0 Å². The number of thiazole rings is 1. The molecular formula is C14H18N2OS.